The number of rotatable bonds is 9. The first-order valence-electron chi connectivity index (χ1n) is 23.4. The van der Waals surface area contributed by atoms with Gasteiger partial charge in [0.05, 0.1) is 45.0 Å². The van der Waals surface area contributed by atoms with Crippen LogP contribution in [0.15, 0.2) is 170 Å². The number of nitrogens with one attached hydrogen (secondary N) is 2. The molecule has 0 saturated heterocycles. The summed E-state index contributed by atoms with van der Waals surface area (Å²) >= 11 is 0. The molecule has 0 saturated carbocycles. The normalized spacial score (nSPS) is 11.8. The van der Waals surface area contributed by atoms with Crippen LogP contribution >= 0.6 is 0 Å². The molecule has 12 heteroatoms. The zero-order valence-corrected chi connectivity index (χ0v) is 38.8. The van der Waals surface area contributed by atoms with Gasteiger partial charge in [-0.25, -0.2) is 29.1 Å². The van der Waals surface area contributed by atoms with Crippen LogP contribution in [0.3, 0.4) is 0 Å². The maximum Gasteiger partial charge on any atom is 0.335 e. The van der Waals surface area contributed by atoms with Gasteiger partial charge in [-0.15, -0.1) is 0 Å². The fourth-order valence-electron chi connectivity index (χ4n) is 10.1. The second-order valence-electron chi connectivity index (χ2n) is 17.9. The van der Waals surface area contributed by atoms with E-state index in [-0.39, 0.29) is 22.3 Å². The Kier molecular flexibility index (Phi) is 10.7. The van der Waals surface area contributed by atoms with Gasteiger partial charge in [-0.3, -0.25) is 0 Å². The quantitative estimate of drug-likeness (QED) is 0.0755. The average Bonchev–Trinajstić information content (AvgIpc) is 4.27. The molecule has 3 aromatic heterocycles. The molecule has 0 spiro atoms. The van der Waals surface area contributed by atoms with E-state index in [9.17, 15) is 39.6 Å². The fourth-order valence-corrected chi connectivity index (χ4v) is 10.1. The minimum atomic E-state index is -1.04. The highest BCUT2D eigenvalue weighted by atomic mass is 16.4. The Hall–Kier alpha value is -10.5. The van der Waals surface area contributed by atoms with Crippen molar-refractivity contribution in [2.45, 2.75) is 0 Å². The van der Waals surface area contributed by atoms with Gasteiger partial charge in [0.25, 0.3) is 0 Å². The molecule has 7 aromatic carbocycles. The second kappa shape index (κ2) is 17.7. The Labute approximate surface area is 420 Å². The molecule has 354 valence electrons. The molecule has 74 heavy (non-hydrogen) atoms. The van der Waals surface area contributed by atoms with Gasteiger partial charge in [-0.1, -0.05) is 84.9 Å². The van der Waals surface area contributed by atoms with Crippen molar-refractivity contribution in [2.24, 2.45) is 0 Å². The number of carboxylic acid groups (broad SMARTS) is 4. The van der Waals surface area contributed by atoms with Crippen LogP contribution in [-0.2, 0) is 0 Å². The second-order valence-corrected chi connectivity index (χ2v) is 17.9. The summed E-state index contributed by atoms with van der Waals surface area (Å²) in [7, 11) is 0. The van der Waals surface area contributed by atoms with Gasteiger partial charge in [-0.2, -0.15) is 0 Å². The predicted molar refractivity (Wildman–Crippen MR) is 289 cm³/mol. The summed E-state index contributed by atoms with van der Waals surface area (Å²) in [6.07, 6.45) is 7.74. The number of aromatic amines is 2. The minimum Gasteiger partial charge on any atom is -0.478 e. The van der Waals surface area contributed by atoms with Gasteiger partial charge in [-0.05, 0) is 170 Å². The molecule has 6 N–H and O–H groups in total. The molecular weight excluding hydrogens is 929 g/mol. The summed E-state index contributed by atoms with van der Waals surface area (Å²) in [4.78, 5) is 65.8. The maximum absolute atomic E-state index is 12.1. The van der Waals surface area contributed by atoms with Gasteiger partial charge in [0.15, 0.2) is 0 Å². The Morgan fingerprint density at radius 1 is 0.324 bits per heavy atom. The van der Waals surface area contributed by atoms with Gasteiger partial charge < -0.3 is 30.4 Å². The number of aromatic nitrogens is 4. The summed E-state index contributed by atoms with van der Waals surface area (Å²) in [6.45, 7) is 0. The van der Waals surface area contributed by atoms with Crippen LogP contribution in [0.25, 0.3) is 124 Å². The van der Waals surface area contributed by atoms with E-state index in [2.05, 4.69) is 22.1 Å². The molecule has 12 rings (SSSR count). The number of fused-ring (bicyclic) bond motifs is 10. The molecule has 10 aromatic rings. The first-order valence-corrected chi connectivity index (χ1v) is 23.4. The van der Waals surface area contributed by atoms with E-state index in [1.807, 2.05) is 109 Å². The summed E-state index contributed by atoms with van der Waals surface area (Å²) in [5.41, 5.74) is 13.8. The van der Waals surface area contributed by atoms with Crippen molar-refractivity contribution in [3.05, 3.63) is 215 Å². The fraction of sp³-hybridized carbons (Fsp3) is 0. The SMILES string of the molecule is O=C(O)c1ccc(-c2c3nc(c(-c4ccc5c(-c6ccc(C(=O)O)cc6)c6ccccc6c(-c6ccc(C(=O)O)cc6)c5c4)c4ccc([nH]4)c(-c4ccc(C(=O)O)cc4)c4nc(cc5ccc2[nH]5)C=C4)C=C3)cc1. The third kappa shape index (κ3) is 7.85. The number of carboxylic acids is 4. The summed E-state index contributed by atoms with van der Waals surface area (Å²) in [6, 6.07) is 51.0. The zero-order valence-electron chi connectivity index (χ0n) is 38.8. The van der Waals surface area contributed by atoms with Gasteiger partial charge in [0.2, 0.25) is 0 Å². The van der Waals surface area contributed by atoms with Crippen molar-refractivity contribution in [3.8, 4) is 55.6 Å². The number of nitrogens with zero attached hydrogens (tertiary/aromatic N) is 2. The molecule has 12 nitrogen and oxygen atoms in total. The summed E-state index contributed by atoms with van der Waals surface area (Å²) in [5, 5.41) is 42.8. The van der Waals surface area contributed by atoms with E-state index in [4.69, 9.17) is 9.97 Å². The largest absolute Gasteiger partial charge is 0.478 e. The standard InChI is InChI=1S/C62H38N4O8/c67-59(68)37-13-5-33(6-14-37)54-44-3-1-2-4-45(44)55(34-7-15-38(16-8-34)60(69)70)47-31-41(21-24-46(47)54)58-52-29-27-50(65-52)56(35-9-17-39(18-10-35)61(71)72)48-25-22-42(63-48)32-43-23-26-49(64-43)57(51-28-30-53(58)66-51)36-11-19-40(20-12-36)62(73)74/h1-32,63,66H,(H,67,68)(H,69,70)(H,71,72)(H,73,74). The average molecular weight is 967 g/mol. The Morgan fingerprint density at radius 2 is 0.689 bits per heavy atom. The smallest absolute Gasteiger partial charge is 0.335 e. The van der Waals surface area contributed by atoms with Crippen molar-refractivity contribution in [3.63, 3.8) is 0 Å². The third-order valence-electron chi connectivity index (χ3n) is 13.6. The van der Waals surface area contributed by atoms with Gasteiger partial charge in [0.1, 0.15) is 0 Å². The first kappa shape index (κ1) is 44.7. The van der Waals surface area contributed by atoms with E-state index in [0.717, 1.165) is 88.2 Å². The van der Waals surface area contributed by atoms with Crippen LogP contribution in [0.4, 0.5) is 0 Å². The number of hydrogen-bond acceptors (Lipinski definition) is 6. The predicted octanol–water partition coefficient (Wildman–Crippen LogP) is 14.1. The first-order chi connectivity index (χ1) is 35.9. The zero-order chi connectivity index (χ0) is 50.8. The van der Waals surface area contributed by atoms with E-state index in [1.54, 1.807) is 72.8 Å². The number of H-pyrrole nitrogens is 2. The van der Waals surface area contributed by atoms with Crippen molar-refractivity contribution in [1.82, 2.24) is 19.9 Å². The number of carbonyl (C=O) groups is 4. The van der Waals surface area contributed by atoms with Crippen LogP contribution in [0.2, 0.25) is 0 Å². The summed E-state index contributed by atoms with van der Waals surface area (Å²) in [5.74, 6) is -4.16. The highest BCUT2D eigenvalue weighted by Crippen LogP contribution is 2.46. The highest BCUT2D eigenvalue weighted by Gasteiger charge is 2.22. The van der Waals surface area contributed by atoms with Gasteiger partial charge >= 0.3 is 23.9 Å². The topological polar surface area (TPSA) is 207 Å². The lowest BCUT2D eigenvalue weighted by Crippen LogP contribution is -1.97. The molecule has 5 heterocycles. The Bertz CT molecular complexity index is 4230. The molecule has 0 atom stereocenters. The molecule has 2 aliphatic heterocycles. The van der Waals surface area contributed by atoms with Crippen LogP contribution in [0.5, 0.6) is 0 Å². The van der Waals surface area contributed by atoms with Crippen LogP contribution in [0, 0.1) is 0 Å². The van der Waals surface area contributed by atoms with Crippen molar-refractivity contribution in [2.75, 3.05) is 0 Å². The minimum absolute atomic E-state index is 0.144. The van der Waals surface area contributed by atoms with Crippen LogP contribution in [-0.4, -0.2) is 64.2 Å². The lowest BCUT2D eigenvalue weighted by Gasteiger charge is -2.19. The van der Waals surface area contributed by atoms with Crippen molar-refractivity contribution >= 4 is 91.8 Å². The van der Waals surface area contributed by atoms with Crippen LogP contribution < -0.4 is 0 Å². The van der Waals surface area contributed by atoms with Crippen molar-refractivity contribution in [1.29, 1.82) is 0 Å². The number of hydrogen-bond donors (Lipinski definition) is 6. The lowest BCUT2D eigenvalue weighted by molar-refractivity contribution is 0.0686. The van der Waals surface area contributed by atoms with Crippen molar-refractivity contribution < 1.29 is 39.6 Å². The molecular formula is C62H38N4O8. The van der Waals surface area contributed by atoms with Crippen LogP contribution in [0.1, 0.15) is 64.2 Å². The molecule has 2 aliphatic rings. The van der Waals surface area contributed by atoms with E-state index < -0.39 is 23.9 Å². The summed E-state index contributed by atoms with van der Waals surface area (Å²) < 4.78 is 0. The lowest BCUT2D eigenvalue weighted by atomic mass is 9.84. The van der Waals surface area contributed by atoms with E-state index in [1.165, 1.54) is 0 Å². The molecule has 8 bridgehead atoms. The monoisotopic (exact) mass is 966 g/mol. The Morgan fingerprint density at radius 3 is 1.16 bits per heavy atom. The molecule has 0 unspecified atom stereocenters. The number of aromatic carboxylic acids is 4. The Balaban J connectivity index is 1.20. The molecule has 0 fully saturated rings. The molecule has 0 radical (unpaired) electrons. The third-order valence-corrected chi connectivity index (χ3v) is 13.6. The number of benzene rings is 7. The highest BCUT2D eigenvalue weighted by molar-refractivity contribution is 6.22. The molecule has 0 aliphatic carbocycles. The van der Waals surface area contributed by atoms with E-state index in [0.29, 0.717) is 33.8 Å². The van der Waals surface area contributed by atoms with E-state index >= 15 is 0 Å². The molecule has 0 amide bonds. The van der Waals surface area contributed by atoms with Gasteiger partial charge in [0, 0.05) is 38.8 Å². The maximum atomic E-state index is 12.1.